The number of hydrogen-bond donors (Lipinski definition) is 1. The normalized spacial score (nSPS) is 11.9. The molecule has 104 valence electrons. The third kappa shape index (κ3) is 3.22. The van der Waals surface area contributed by atoms with Gasteiger partial charge in [-0.25, -0.2) is 0 Å². The van der Waals surface area contributed by atoms with E-state index in [1.165, 1.54) is 7.11 Å². The molecular formula is C16H18N2O2. The van der Waals surface area contributed by atoms with E-state index in [4.69, 9.17) is 5.73 Å². The summed E-state index contributed by atoms with van der Waals surface area (Å²) in [5.74, 6) is -0.390. The van der Waals surface area contributed by atoms with E-state index >= 15 is 0 Å². The summed E-state index contributed by atoms with van der Waals surface area (Å²) in [6.45, 7) is 2.03. The molecule has 2 rings (SSSR count). The molecule has 0 unspecified atom stereocenters. The minimum Gasteiger partial charge on any atom is -0.468 e. The fourth-order valence-corrected chi connectivity index (χ4v) is 2.11. The van der Waals surface area contributed by atoms with Gasteiger partial charge in [0.2, 0.25) is 0 Å². The molecule has 4 nitrogen and oxygen atoms in total. The quantitative estimate of drug-likeness (QED) is 0.864. The number of nitrogens with two attached hydrogens (primary N) is 1. The van der Waals surface area contributed by atoms with Crippen LogP contribution in [0, 0.1) is 6.92 Å². The predicted molar refractivity (Wildman–Crippen MR) is 78.1 cm³/mol. The summed E-state index contributed by atoms with van der Waals surface area (Å²) in [5.41, 5.74) is 10.2. The Morgan fingerprint density at radius 2 is 2.00 bits per heavy atom. The first-order chi connectivity index (χ1) is 9.61. The standard InChI is InChI=1S/C16H18N2O2/c1-11-10-18-8-7-14(11)13-5-3-12(4-6-13)9-15(17)16(19)20-2/h3-8,10,15H,9,17H2,1-2H3/t15-/m0/s1. The van der Waals surface area contributed by atoms with Crippen LogP contribution in [0.4, 0.5) is 0 Å². The average Bonchev–Trinajstić information content (AvgIpc) is 2.48. The number of carbonyl (C=O) groups is 1. The Balaban J connectivity index is 2.15. The zero-order chi connectivity index (χ0) is 14.5. The fraction of sp³-hybridized carbons (Fsp3) is 0.250. The van der Waals surface area contributed by atoms with Gasteiger partial charge < -0.3 is 10.5 Å². The van der Waals surface area contributed by atoms with Crippen LogP contribution in [0.1, 0.15) is 11.1 Å². The topological polar surface area (TPSA) is 65.2 Å². The molecule has 4 heteroatoms. The SMILES string of the molecule is COC(=O)[C@@H](N)Cc1ccc(-c2ccncc2C)cc1. The average molecular weight is 270 g/mol. The lowest BCUT2D eigenvalue weighted by molar-refractivity contribution is -0.142. The molecule has 1 heterocycles. The number of hydrogen-bond acceptors (Lipinski definition) is 4. The number of pyridine rings is 1. The van der Waals surface area contributed by atoms with Crippen LogP contribution in [0.5, 0.6) is 0 Å². The van der Waals surface area contributed by atoms with Crippen molar-refractivity contribution in [2.45, 2.75) is 19.4 Å². The summed E-state index contributed by atoms with van der Waals surface area (Å²) < 4.78 is 4.62. The lowest BCUT2D eigenvalue weighted by atomic mass is 9.99. The van der Waals surface area contributed by atoms with Gasteiger partial charge in [0.15, 0.2) is 0 Å². The van der Waals surface area contributed by atoms with Gasteiger partial charge in [-0.05, 0) is 41.7 Å². The van der Waals surface area contributed by atoms with Crippen molar-refractivity contribution >= 4 is 5.97 Å². The zero-order valence-electron chi connectivity index (χ0n) is 11.7. The van der Waals surface area contributed by atoms with Gasteiger partial charge in [-0.3, -0.25) is 9.78 Å². The Morgan fingerprint density at radius 3 is 2.60 bits per heavy atom. The fourth-order valence-electron chi connectivity index (χ4n) is 2.11. The molecule has 0 aliphatic rings. The molecule has 0 bridgehead atoms. The minimum atomic E-state index is -0.617. The molecule has 0 fully saturated rings. The number of nitrogens with zero attached hydrogens (tertiary/aromatic N) is 1. The van der Waals surface area contributed by atoms with Crippen LogP contribution in [0.3, 0.4) is 0 Å². The number of carbonyl (C=O) groups excluding carboxylic acids is 1. The van der Waals surface area contributed by atoms with E-state index in [1.807, 2.05) is 43.5 Å². The zero-order valence-corrected chi connectivity index (χ0v) is 11.7. The summed E-state index contributed by atoms with van der Waals surface area (Å²) in [7, 11) is 1.34. The first-order valence-corrected chi connectivity index (χ1v) is 6.45. The van der Waals surface area contributed by atoms with Crippen molar-refractivity contribution in [3.63, 3.8) is 0 Å². The molecule has 0 saturated carbocycles. The molecule has 2 aromatic rings. The third-order valence-electron chi connectivity index (χ3n) is 3.24. The summed E-state index contributed by atoms with van der Waals surface area (Å²) in [6, 6.07) is 9.40. The molecule has 2 N–H and O–H groups in total. The van der Waals surface area contributed by atoms with Crippen molar-refractivity contribution in [3.8, 4) is 11.1 Å². The summed E-state index contributed by atoms with van der Waals surface area (Å²) in [5, 5.41) is 0. The van der Waals surface area contributed by atoms with Gasteiger partial charge in [0.25, 0.3) is 0 Å². The molecule has 1 aromatic heterocycles. The van der Waals surface area contributed by atoms with Gasteiger partial charge in [-0.15, -0.1) is 0 Å². The van der Waals surface area contributed by atoms with Gasteiger partial charge in [0, 0.05) is 12.4 Å². The summed E-state index contributed by atoms with van der Waals surface area (Å²) >= 11 is 0. The second kappa shape index (κ2) is 6.30. The van der Waals surface area contributed by atoms with Gasteiger partial charge in [-0.2, -0.15) is 0 Å². The molecule has 0 saturated heterocycles. The van der Waals surface area contributed by atoms with Gasteiger partial charge in [0.05, 0.1) is 7.11 Å². The lowest BCUT2D eigenvalue weighted by Gasteiger charge is -2.10. The van der Waals surface area contributed by atoms with Gasteiger partial charge in [-0.1, -0.05) is 24.3 Å². The van der Waals surface area contributed by atoms with Crippen molar-refractivity contribution in [2.75, 3.05) is 7.11 Å². The molecular weight excluding hydrogens is 252 g/mol. The maximum atomic E-state index is 11.3. The van der Waals surface area contributed by atoms with Crippen LogP contribution < -0.4 is 5.73 Å². The third-order valence-corrected chi connectivity index (χ3v) is 3.24. The maximum absolute atomic E-state index is 11.3. The van der Waals surface area contributed by atoms with Crippen molar-refractivity contribution in [3.05, 3.63) is 53.9 Å². The van der Waals surface area contributed by atoms with Crippen molar-refractivity contribution in [1.29, 1.82) is 0 Å². The molecule has 20 heavy (non-hydrogen) atoms. The number of benzene rings is 1. The van der Waals surface area contributed by atoms with Crippen LogP contribution >= 0.6 is 0 Å². The lowest BCUT2D eigenvalue weighted by Crippen LogP contribution is -2.33. The number of ether oxygens (including phenoxy) is 1. The second-order valence-electron chi connectivity index (χ2n) is 4.72. The Bertz CT molecular complexity index is 594. The Morgan fingerprint density at radius 1 is 1.30 bits per heavy atom. The number of esters is 1. The number of aryl methyl sites for hydroxylation is 1. The molecule has 0 aliphatic carbocycles. The van der Waals surface area contributed by atoms with E-state index in [-0.39, 0.29) is 5.97 Å². The largest absolute Gasteiger partial charge is 0.468 e. The van der Waals surface area contributed by atoms with Crippen LogP contribution in [0.25, 0.3) is 11.1 Å². The molecule has 0 radical (unpaired) electrons. The first kappa shape index (κ1) is 14.2. The van der Waals surface area contributed by atoms with E-state index in [1.54, 1.807) is 6.20 Å². The first-order valence-electron chi connectivity index (χ1n) is 6.45. The molecule has 1 aromatic carbocycles. The summed E-state index contributed by atoms with van der Waals surface area (Å²) in [6.07, 6.45) is 4.10. The number of rotatable bonds is 4. The van der Waals surface area contributed by atoms with Gasteiger partial charge >= 0.3 is 5.97 Å². The highest BCUT2D eigenvalue weighted by Crippen LogP contribution is 2.22. The highest BCUT2D eigenvalue weighted by molar-refractivity contribution is 5.75. The second-order valence-corrected chi connectivity index (χ2v) is 4.72. The monoisotopic (exact) mass is 270 g/mol. The highest BCUT2D eigenvalue weighted by atomic mass is 16.5. The molecule has 0 spiro atoms. The van der Waals surface area contributed by atoms with Gasteiger partial charge in [0.1, 0.15) is 6.04 Å². The maximum Gasteiger partial charge on any atom is 0.322 e. The molecule has 1 atom stereocenters. The van der Waals surface area contributed by atoms with E-state index < -0.39 is 6.04 Å². The predicted octanol–water partition coefficient (Wildman–Crippen LogP) is 2.10. The Labute approximate surface area is 118 Å². The van der Waals surface area contributed by atoms with Crippen LogP contribution in [-0.4, -0.2) is 24.1 Å². The van der Waals surface area contributed by atoms with Crippen LogP contribution in [-0.2, 0) is 16.0 Å². The van der Waals surface area contributed by atoms with E-state index in [0.717, 1.165) is 22.3 Å². The molecule has 0 amide bonds. The number of methoxy groups -OCH3 is 1. The number of aromatic nitrogens is 1. The Kier molecular flexibility index (Phi) is 4.48. The van der Waals surface area contributed by atoms with Crippen LogP contribution in [0.15, 0.2) is 42.7 Å². The van der Waals surface area contributed by atoms with Crippen molar-refractivity contribution < 1.29 is 9.53 Å². The van der Waals surface area contributed by atoms with E-state index in [9.17, 15) is 4.79 Å². The van der Waals surface area contributed by atoms with Crippen LogP contribution in [0.2, 0.25) is 0 Å². The summed E-state index contributed by atoms with van der Waals surface area (Å²) in [4.78, 5) is 15.4. The van der Waals surface area contributed by atoms with E-state index in [2.05, 4.69) is 9.72 Å². The van der Waals surface area contributed by atoms with E-state index in [0.29, 0.717) is 6.42 Å². The molecule has 0 aliphatic heterocycles. The highest BCUT2D eigenvalue weighted by Gasteiger charge is 2.14. The smallest absolute Gasteiger partial charge is 0.322 e. The minimum absolute atomic E-state index is 0.390. The van der Waals surface area contributed by atoms with Crippen molar-refractivity contribution in [2.24, 2.45) is 5.73 Å². The Hall–Kier alpha value is -2.20. The van der Waals surface area contributed by atoms with Crippen molar-refractivity contribution in [1.82, 2.24) is 4.98 Å².